The van der Waals surface area contributed by atoms with Crippen molar-refractivity contribution in [3.63, 3.8) is 0 Å². The molecule has 1 aliphatic heterocycles. The normalized spacial score (nSPS) is 15.2. The molecule has 0 unspecified atom stereocenters. The topological polar surface area (TPSA) is 82.4 Å². The number of rotatable bonds is 10. The summed E-state index contributed by atoms with van der Waals surface area (Å²) in [6, 6.07) is 7.95. The maximum absolute atomic E-state index is 13.4. The lowest BCUT2D eigenvalue weighted by atomic mass is 9.92. The Bertz CT molecular complexity index is 1360. The molecule has 1 saturated heterocycles. The van der Waals surface area contributed by atoms with Gasteiger partial charge in [0.15, 0.2) is 0 Å². The van der Waals surface area contributed by atoms with Crippen LogP contribution in [0.4, 0.5) is 5.82 Å². The molecule has 1 aliphatic rings. The molecule has 3 heterocycles. The number of aromatic nitrogens is 2. The van der Waals surface area contributed by atoms with Crippen molar-refractivity contribution in [3.8, 4) is 11.3 Å². The summed E-state index contributed by atoms with van der Waals surface area (Å²) in [6.45, 7) is 13.3. The molecule has 0 saturated carbocycles. The van der Waals surface area contributed by atoms with E-state index >= 15 is 0 Å². The van der Waals surface area contributed by atoms with Crippen LogP contribution in [0.5, 0.6) is 0 Å². The molecule has 8 nitrogen and oxygen atoms in total. The van der Waals surface area contributed by atoms with Gasteiger partial charge < -0.3 is 19.1 Å². The summed E-state index contributed by atoms with van der Waals surface area (Å²) in [7, 11) is 1.23. The monoisotopic (exact) mass is 599 g/mol. The van der Waals surface area contributed by atoms with E-state index in [-0.39, 0.29) is 5.60 Å². The number of carbonyl (C=O) groups excluding carboxylic acids is 2. The van der Waals surface area contributed by atoms with Crippen LogP contribution in [-0.4, -0.2) is 66.8 Å². The minimum atomic E-state index is -0.878. The summed E-state index contributed by atoms with van der Waals surface area (Å²) in [6.07, 6.45) is 3.48. The SMILES string of the molecule is COC(=O)C(=O)c1c(C)c(C)c2nc(-c3cccc(Br)c3)cn2c1N1CCC(C)(OCCOCC(C)C)CC1. The average Bonchev–Trinajstić information content (AvgIpc) is 3.35. The summed E-state index contributed by atoms with van der Waals surface area (Å²) >= 11 is 3.55. The van der Waals surface area contributed by atoms with Crippen LogP contribution < -0.4 is 4.90 Å². The second-order valence-electron chi connectivity index (χ2n) is 10.9. The number of ketones is 1. The smallest absolute Gasteiger partial charge is 0.379 e. The molecule has 3 aromatic rings. The lowest BCUT2D eigenvalue weighted by Gasteiger charge is -2.41. The summed E-state index contributed by atoms with van der Waals surface area (Å²) in [5.74, 6) is -0.371. The Morgan fingerprint density at radius 3 is 2.49 bits per heavy atom. The van der Waals surface area contributed by atoms with Gasteiger partial charge in [0.2, 0.25) is 0 Å². The van der Waals surface area contributed by atoms with Crippen LogP contribution in [0.2, 0.25) is 0 Å². The first-order valence-electron chi connectivity index (χ1n) is 13.4. The summed E-state index contributed by atoms with van der Waals surface area (Å²) in [4.78, 5) is 33.0. The largest absolute Gasteiger partial charge is 0.463 e. The lowest BCUT2D eigenvalue weighted by molar-refractivity contribution is -0.135. The number of imidazole rings is 1. The zero-order valence-electron chi connectivity index (χ0n) is 23.7. The predicted molar refractivity (Wildman–Crippen MR) is 156 cm³/mol. The van der Waals surface area contributed by atoms with E-state index in [0.29, 0.717) is 43.6 Å². The number of aryl methyl sites for hydroxylation is 1. The standard InChI is InChI=1S/C30H38BrN3O5/c1-19(2)18-38-14-15-39-30(5)10-12-33(13-11-30)28-25(26(35)29(36)37-6)20(3)21(4)27-32-24(17-34(27)28)22-8-7-9-23(31)16-22/h7-9,16-17,19H,10-15,18H2,1-6H3. The number of halogens is 1. The molecular formula is C30H38BrN3O5. The molecule has 1 aromatic carbocycles. The zero-order chi connectivity index (χ0) is 28.3. The van der Waals surface area contributed by atoms with E-state index in [9.17, 15) is 9.59 Å². The Hall–Kier alpha value is -2.75. The highest BCUT2D eigenvalue weighted by Gasteiger charge is 2.35. The van der Waals surface area contributed by atoms with Gasteiger partial charge in [-0.2, -0.15) is 0 Å². The first kappa shape index (κ1) is 29.2. The van der Waals surface area contributed by atoms with Crippen molar-refractivity contribution >= 4 is 39.1 Å². The first-order chi connectivity index (χ1) is 18.5. The van der Waals surface area contributed by atoms with Crippen LogP contribution in [-0.2, 0) is 19.0 Å². The quantitative estimate of drug-likeness (QED) is 0.126. The van der Waals surface area contributed by atoms with Gasteiger partial charge in [0.1, 0.15) is 11.5 Å². The summed E-state index contributed by atoms with van der Waals surface area (Å²) in [5.41, 5.74) is 4.14. The van der Waals surface area contributed by atoms with E-state index < -0.39 is 11.8 Å². The van der Waals surface area contributed by atoms with Gasteiger partial charge >= 0.3 is 5.97 Å². The second-order valence-corrected chi connectivity index (χ2v) is 11.8. The number of carbonyl (C=O) groups is 2. The molecule has 0 bridgehead atoms. The van der Waals surface area contributed by atoms with E-state index in [4.69, 9.17) is 19.2 Å². The fourth-order valence-corrected chi connectivity index (χ4v) is 5.41. The minimum Gasteiger partial charge on any atom is -0.463 e. The number of benzene rings is 1. The molecule has 0 atom stereocenters. The number of esters is 1. The first-order valence-corrected chi connectivity index (χ1v) is 14.2. The molecule has 39 heavy (non-hydrogen) atoms. The van der Waals surface area contributed by atoms with Gasteiger partial charge in [-0.05, 0) is 62.8 Å². The molecular weight excluding hydrogens is 562 g/mol. The van der Waals surface area contributed by atoms with Crippen molar-refractivity contribution < 1.29 is 23.8 Å². The van der Waals surface area contributed by atoms with E-state index in [2.05, 4.69) is 41.6 Å². The Morgan fingerprint density at radius 1 is 1.13 bits per heavy atom. The predicted octanol–water partition coefficient (Wildman–Crippen LogP) is 5.78. The fourth-order valence-electron chi connectivity index (χ4n) is 5.02. The van der Waals surface area contributed by atoms with Crippen LogP contribution >= 0.6 is 15.9 Å². The second kappa shape index (κ2) is 12.2. The van der Waals surface area contributed by atoms with E-state index in [1.807, 2.05) is 48.7 Å². The Morgan fingerprint density at radius 2 is 1.85 bits per heavy atom. The van der Waals surface area contributed by atoms with E-state index in [1.165, 1.54) is 7.11 Å². The maximum Gasteiger partial charge on any atom is 0.379 e. The summed E-state index contributed by atoms with van der Waals surface area (Å²) < 4.78 is 19.7. The van der Waals surface area contributed by atoms with Crippen molar-refractivity contribution in [3.05, 3.63) is 51.6 Å². The van der Waals surface area contributed by atoms with Crippen LogP contribution in [0.15, 0.2) is 34.9 Å². The number of Topliss-reactive ketones (excluding diaryl/α,β-unsaturated/α-hetero) is 1. The van der Waals surface area contributed by atoms with Gasteiger partial charge in [0.25, 0.3) is 5.78 Å². The summed E-state index contributed by atoms with van der Waals surface area (Å²) in [5, 5.41) is 0. The number of hydrogen-bond acceptors (Lipinski definition) is 7. The van der Waals surface area contributed by atoms with Gasteiger partial charge in [0, 0.05) is 35.9 Å². The number of nitrogens with zero attached hydrogens (tertiary/aromatic N) is 3. The number of ether oxygens (including phenoxy) is 3. The molecule has 210 valence electrons. The molecule has 0 N–H and O–H groups in total. The van der Waals surface area contributed by atoms with Gasteiger partial charge in [-0.1, -0.05) is 41.9 Å². The van der Waals surface area contributed by atoms with Crippen LogP contribution in [0.25, 0.3) is 16.9 Å². The number of anilines is 1. The van der Waals surface area contributed by atoms with Crippen molar-refractivity contribution in [2.75, 3.05) is 44.9 Å². The fraction of sp³-hybridized carbons (Fsp3) is 0.500. The van der Waals surface area contributed by atoms with Gasteiger partial charge in [0.05, 0.1) is 37.2 Å². The van der Waals surface area contributed by atoms with Crippen molar-refractivity contribution in [2.45, 2.75) is 53.1 Å². The van der Waals surface area contributed by atoms with E-state index in [1.54, 1.807) is 0 Å². The molecule has 0 radical (unpaired) electrons. The van der Waals surface area contributed by atoms with Gasteiger partial charge in [-0.3, -0.25) is 9.20 Å². The number of piperidine rings is 1. The van der Waals surface area contributed by atoms with Crippen LogP contribution in [0.3, 0.4) is 0 Å². The van der Waals surface area contributed by atoms with Crippen molar-refractivity contribution in [2.24, 2.45) is 5.92 Å². The Labute approximate surface area is 238 Å². The van der Waals surface area contributed by atoms with Crippen LogP contribution in [0, 0.1) is 19.8 Å². The maximum atomic E-state index is 13.4. The number of fused-ring (bicyclic) bond motifs is 1. The highest BCUT2D eigenvalue weighted by Crippen LogP contribution is 2.36. The van der Waals surface area contributed by atoms with Crippen molar-refractivity contribution in [1.82, 2.24) is 9.38 Å². The van der Waals surface area contributed by atoms with Gasteiger partial charge in [-0.25, -0.2) is 9.78 Å². The molecule has 9 heteroatoms. The number of pyridine rings is 1. The third-order valence-electron chi connectivity index (χ3n) is 7.40. The third-order valence-corrected chi connectivity index (χ3v) is 7.89. The van der Waals surface area contributed by atoms with Crippen LogP contribution in [0.1, 0.15) is 55.1 Å². The van der Waals surface area contributed by atoms with Gasteiger partial charge in [-0.15, -0.1) is 0 Å². The highest BCUT2D eigenvalue weighted by molar-refractivity contribution is 9.10. The number of methoxy groups -OCH3 is 1. The lowest BCUT2D eigenvalue weighted by Crippen LogP contribution is -2.46. The molecule has 0 aliphatic carbocycles. The molecule has 2 aromatic heterocycles. The average molecular weight is 601 g/mol. The number of hydrogen-bond donors (Lipinski definition) is 0. The van der Waals surface area contributed by atoms with Crippen molar-refractivity contribution in [1.29, 1.82) is 0 Å². The Kier molecular flexibility index (Phi) is 9.14. The molecule has 1 fully saturated rings. The third kappa shape index (κ3) is 6.36. The minimum absolute atomic E-state index is 0.292. The highest BCUT2D eigenvalue weighted by atomic mass is 79.9. The molecule has 0 amide bonds. The molecule has 4 rings (SSSR count). The zero-order valence-corrected chi connectivity index (χ0v) is 25.3. The molecule has 0 spiro atoms. The Balaban J connectivity index is 1.70. The van der Waals surface area contributed by atoms with E-state index in [0.717, 1.165) is 52.0 Å².